The minimum absolute atomic E-state index is 0.00886. The third-order valence-corrected chi connectivity index (χ3v) is 11.7. The second-order valence-electron chi connectivity index (χ2n) is 20.1. The number of nitrogens with zero attached hydrogens (tertiary/aromatic N) is 2. The molecule has 14 nitrogen and oxygen atoms in total. The van der Waals surface area contributed by atoms with Crippen LogP contribution in [0.1, 0.15) is 118 Å². The Kier molecular flexibility index (Phi) is 11.0. The molecule has 3 aliphatic heterocycles. The Bertz CT molecular complexity index is 1710. The first-order valence-electron chi connectivity index (χ1n) is 20.1. The zero-order valence-electron chi connectivity index (χ0n) is 35.3. The largest absolute Gasteiger partial charge is 0.514 e. The summed E-state index contributed by atoms with van der Waals surface area (Å²) in [6, 6.07) is 2.30. The molecule has 3 saturated heterocycles. The molecule has 3 saturated carbocycles. The molecular formula is C41H62BN3O11. The SMILES string of the molecule is CC(C)(C)OC(=O)Oc1c(CCB2O[C@@H]3C[C@@H]4C[C@@H](C4(C)C)[C@]3(C)O2)ccc(OC2CN(C(=O)[C@@H]3C[C@@H](N)CN3C(=O)OC(C)(C)C)C2)c1C(=O)OC(C)(C)C. The molecular weight excluding hydrogens is 721 g/mol. The summed E-state index contributed by atoms with van der Waals surface area (Å²) in [6.45, 7) is 23.1. The maximum absolute atomic E-state index is 14.1. The van der Waals surface area contributed by atoms with Crippen LogP contribution in [-0.4, -0.2) is 107 Å². The monoisotopic (exact) mass is 783 g/mol. The molecule has 0 spiro atoms. The molecule has 310 valence electrons. The summed E-state index contributed by atoms with van der Waals surface area (Å²) in [5.41, 5.74) is 4.00. The van der Waals surface area contributed by atoms with Gasteiger partial charge in [-0.25, -0.2) is 14.4 Å². The molecule has 6 atom stereocenters. The van der Waals surface area contributed by atoms with Crippen LogP contribution < -0.4 is 15.2 Å². The maximum Gasteiger partial charge on any atom is 0.514 e. The Labute approximate surface area is 331 Å². The van der Waals surface area contributed by atoms with Crippen LogP contribution in [0.4, 0.5) is 9.59 Å². The third kappa shape index (κ3) is 8.79. The molecule has 56 heavy (non-hydrogen) atoms. The summed E-state index contributed by atoms with van der Waals surface area (Å²) in [4.78, 5) is 56.9. The van der Waals surface area contributed by atoms with Gasteiger partial charge in [-0.1, -0.05) is 19.9 Å². The number of hydrogen-bond donors (Lipinski definition) is 1. The van der Waals surface area contributed by atoms with Crippen molar-refractivity contribution < 1.29 is 52.2 Å². The Morgan fingerprint density at radius 1 is 0.875 bits per heavy atom. The molecule has 0 aromatic heterocycles. The van der Waals surface area contributed by atoms with Crippen molar-refractivity contribution in [2.24, 2.45) is 23.0 Å². The van der Waals surface area contributed by atoms with Gasteiger partial charge in [0.1, 0.15) is 40.3 Å². The summed E-state index contributed by atoms with van der Waals surface area (Å²) in [5.74, 6) is 0.108. The van der Waals surface area contributed by atoms with Crippen LogP contribution in [0.3, 0.4) is 0 Å². The fourth-order valence-electron chi connectivity index (χ4n) is 8.95. The average Bonchev–Trinajstić information content (AvgIpc) is 3.58. The van der Waals surface area contributed by atoms with E-state index < -0.39 is 54.3 Å². The first-order chi connectivity index (χ1) is 25.7. The quantitative estimate of drug-likeness (QED) is 0.139. The topological polar surface area (TPSA) is 165 Å². The molecule has 3 aliphatic carbocycles. The zero-order chi connectivity index (χ0) is 41.3. The van der Waals surface area contributed by atoms with Crippen LogP contribution in [0.25, 0.3) is 0 Å². The van der Waals surface area contributed by atoms with E-state index in [9.17, 15) is 19.2 Å². The van der Waals surface area contributed by atoms with E-state index in [2.05, 4.69) is 20.8 Å². The van der Waals surface area contributed by atoms with E-state index in [1.54, 1.807) is 79.3 Å². The number of hydrogen-bond acceptors (Lipinski definition) is 12. The van der Waals surface area contributed by atoms with Crippen LogP contribution in [0, 0.1) is 17.3 Å². The first-order valence-corrected chi connectivity index (χ1v) is 20.1. The van der Waals surface area contributed by atoms with Crippen LogP contribution in [0.2, 0.25) is 6.32 Å². The van der Waals surface area contributed by atoms with Gasteiger partial charge in [-0.3, -0.25) is 9.69 Å². The van der Waals surface area contributed by atoms with E-state index in [-0.39, 0.29) is 65.8 Å². The predicted molar refractivity (Wildman–Crippen MR) is 207 cm³/mol. The fourth-order valence-corrected chi connectivity index (χ4v) is 8.95. The number of rotatable bonds is 8. The van der Waals surface area contributed by atoms with Crippen molar-refractivity contribution in [1.29, 1.82) is 0 Å². The van der Waals surface area contributed by atoms with Crippen molar-refractivity contribution in [3.63, 3.8) is 0 Å². The Morgan fingerprint density at radius 3 is 2.12 bits per heavy atom. The summed E-state index contributed by atoms with van der Waals surface area (Å²) in [7, 11) is -0.477. The number of nitrogens with two attached hydrogens (primary N) is 1. The van der Waals surface area contributed by atoms with E-state index in [0.717, 1.165) is 12.8 Å². The van der Waals surface area contributed by atoms with E-state index in [0.29, 0.717) is 36.6 Å². The van der Waals surface area contributed by atoms with Crippen molar-refractivity contribution in [3.05, 3.63) is 23.3 Å². The summed E-state index contributed by atoms with van der Waals surface area (Å²) >= 11 is 0. The van der Waals surface area contributed by atoms with Crippen LogP contribution >= 0.6 is 0 Å². The van der Waals surface area contributed by atoms with Crippen molar-refractivity contribution in [2.45, 2.75) is 162 Å². The van der Waals surface area contributed by atoms with Gasteiger partial charge in [-0.2, -0.15) is 0 Å². The van der Waals surface area contributed by atoms with Crippen molar-refractivity contribution in [1.82, 2.24) is 9.80 Å². The van der Waals surface area contributed by atoms with Gasteiger partial charge in [-0.15, -0.1) is 0 Å². The number of aryl methyl sites for hydroxylation is 1. The zero-order valence-corrected chi connectivity index (χ0v) is 35.3. The smallest absolute Gasteiger partial charge is 0.486 e. The number of likely N-dealkylation sites (tertiary alicyclic amines) is 2. The molecule has 6 fully saturated rings. The Balaban J connectivity index is 1.22. The van der Waals surface area contributed by atoms with Gasteiger partial charge in [0, 0.05) is 12.6 Å². The minimum atomic E-state index is -0.987. The van der Waals surface area contributed by atoms with E-state index >= 15 is 0 Å². The molecule has 6 aliphatic rings. The van der Waals surface area contributed by atoms with E-state index in [1.807, 2.05) is 0 Å². The fraction of sp³-hybridized carbons (Fsp3) is 0.756. The molecule has 1 aromatic carbocycles. The second kappa shape index (κ2) is 14.7. The molecule has 2 N–H and O–H groups in total. The molecule has 3 heterocycles. The van der Waals surface area contributed by atoms with Crippen LogP contribution in [-0.2, 0) is 34.7 Å². The van der Waals surface area contributed by atoms with Crippen molar-refractivity contribution in [2.75, 3.05) is 19.6 Å². The van der Waals surface area contributed by atoms with Crippen molar-refractivity contribution >= 4 is 31.2 Å². The highest BCUT2D eigenvalue weighted by atomic mass is 16.7. The number of ether oxygens (including phenoxy) is 5. The second-order valence-corrected chi connectivity index (χ2v) is 20.1. The molecule has 2 bridgehead atoms. The van der Waals surface area contributed by atoms with Gasteiger partial charge in [-0.05, 0) is 130 Å². The predicted octanol–water partition coefficient (Wildman–Crippen LogP) is 6.15. The summed E-state index contributed by atoms with van der Waals surface area (Å²) in [5, 5.41) is 0. The maximum atomic E-state index is 14.1. The standard InChI is InChI=1S/C41H62BN3O11/c1-37(2,3)52-34(47)31-28(50-26-21-44(22-26)33(46)27-19-25(43)20-45(27)35(48)53-38(4,5)6)14-13-23(32(31)51-36(49)54-39(7,8)9)15-16-42-55-30-18-24-17-29(40(24,10)11)41(30,12)56-42/h13-14,24-27,29-30H,15-22,43H2,1-12H3/t24-,25+,27-,29-,30+,41-/m0/s1. The highest BCUT2D eigenvalue weighted by Gasteiger charge is 2.67. The number of carbonyl (C=O) groups excluding carboxylic acids is 4. The van der Waals surface area contributed by atoms with Crippen molar-refractivity contribution in [3.8, 4) is 11.5 Å². The first kappa shape index (κ1) is 42.1. The Morgan fingerprint density at radius 2 is 1.52 bits per heavy atom. The molecule has 15 heteroatoms. The third-order valence-electron chi connectivity index (χ3n) is 11.7. The highest BCUT2D eigenvalue weighted by Crippen LogP contribution is 2.65. The lowest BCUT2D eigenvalue weighted by Crippen LogP contribution is -2.65. The number of esters is 1. The lowest BCUT2D eigenvalue weighted by molar-refractivity contribution is -0.199. The molecule has 0 unspecified atom stereocenters. The van der Waals surface area contributed by atoms with Gasteiger partial charge < -0.3 is 43.6 Å². The van der Waals surface area contributed by atoms with Crippen LogP contribution in [0.15, 0.2) is 12.1 Å². The average molecular weight is 784 g/mol. The number of amides is 2. The molecule has 2 amide bonds. The summed E-state index contributed by atoms with van der Waals surface area (Å²) in [6.07, 6.45) is 1.13. The lowest BCUT2D eigenvalue weighted by Gasteiger charge is -2.64. The van der Waals surface area contributed by atoms with Gasteiger partial charge in [0.05, 0.1) is 24.8 Å². The Hall–Kier alpha value is -3.56. The minimum Gasteiger partial charge on any atom is -0.486 e. The lowest BCUT2D eigenvalue weighted by atomic mass is 9.43. The highest BCUT2D eigenvalue weighted by molar-refractivity contribution is 6.45. The van der Waals surface area contributed by atoms with E-state index in [4.69, 9.17) is 38.7 Å². The summed E-state index contributed by atoms with van der Waals surface area (Å²) < 4.78 is 42.4. The normalized spacial score (nSPS) is 28.5. The van der Waals surface area contributed by atoms with Gasteiger partial charge in [0.15, 0.2) is 5.75 Å². The molecule has 1 aromatic rings. The van der Waals surface area contributed by atoms with Gasteiger partial charge >= 0.3 is 25.3 Å². The molecule has 7 rings (SSSR count). The van der Waals surface area contributed by atoms with Crippen LogP contribution in [0.5, 0.6) is 11.5 Å². The number of carbonyl (C=O) groups is 4. The van der Waals surface area contributed by atoms with Gasteiger partial charge in [0.25, 0.3) is 0 Å². The van der Waals surface area contributed by atoms with E-state index in [1.165, 1.54) is 4.90 Å². The number of benzene rings is 1. The van der Waals surface area contributed by atoms with Gasteiger partial charge in [0.2, 0.25) is 5.91 Å². The molecule has 0 radical (unpaired) electrons.